The van der Waals surface area contributed by atoms with E-state index in [4.69, 9.17) is 0 Å². The first-order chi connectivity index (χ1) is 13.7. The number of nitrogens with zero attached hydrogens (tertiary/aromatic N) is 1. The highest BCUT2D eigenvalue weighted by Gasteiger charge is 2.34. The Balaban J connectivity index is 1.24. The summed E-state index contributed by atoms with van der Waals surface area (Å²) in [5.41, 5.74) is 3.58. The Kier molecular flexibility index (Phi) is 5.75. The molecule has 2 aromatic carbocycles. The predicted molar refractivity (Wildman–Crippen MR) is 111 cm³/mol. The molecule has 1 aliphatic carbocycles. The second-order valence-corrected chi connectivity index (χ2v) is 7.94. The van der Waals surface area contributed by atoms with Gasteiger partial charge < -0.3 is 10.2 Å². The van der Waals surface area contributed by atoms with Crippen molar-refractivity contribution in [3.8, 4) is 0 Å². The molecular formula is C24H28N2O2. The molecule has 1 heterocycles. The van der Waals surface area contributed by atoms with Crippen molar-refractivity contribution in [1.82, 2.24) is 5.32 Å². The van der Waals surface area contributed by atoms with Gasteiger partial charge >= 0.3 is 0 Å². The molecule has 0 saturated heterocycles. The number of hydrogen-bond donors (Lipinski definition) is 1. The van der Waals surface area contributed by atoms with Crippen molar-refractivity contribution in [3.05, 3.63) is 65.7 Å². The van der Waals surface area contributed by atoms with E-state index in [0.717, 1.165) is 50.8 Å². The van der Waals surface area contributed by atoms with E-state index in [1.807, 2.05) is 41.3 Å². The van der Waals surface area contributed by atoms with E-state index in [9.17, 15) is 9.59 Å². The number of anilines is 1. The Morgan fingerprint density at radius 3 is 2.36 bits per heavy atom. The minimum Gasteiger partial charge on any atom is -0.356 e. The minimum absolute atomic E-state index is 0.0469. The van der Waals surface area contributed by atoms with E-state index in [1.165, 1.54) is 11.1 Å². The second kappa shape index (κ2) is 8.59. The second-order valence-electron chi connectivity index (χ2n) is 7.94. The first-order valence-electron chi connectivity index (χ1n) is 10.4. The monoisotopic (exact) mass is 376 g/mol. The number of carbonyl (C=O) groups is 2. The molecule has 2 amide bonds. The van der Waals surface area contributed by atoms with Crippen LogP contribution in [-0.4, -0.2) is 24.9 Å². The van der Waals surface area contributed by atoms with Crippen molar-refractivity contribution < 1.29 is 9.59 Å². The van der Waals surface area contributed by atoms with Gasteiger partial charge in [0.05, 0.1) is 0 Å². The molecule has 1 N–H and O–H groups in total. The molecule has 1 saturated carbocycles. The fraction of sp³-hybridized carbons (Fsp3) is 0.417. The van der Waals surface area contributed by atoms with Gasteiger partial charge in [-0.3, -0.25) is 9.59 Å². The molecule has 4 rings (SSSR count). The van der Waals surface area contributed by atoms with Gasteiger partial charge in [-0.25, -0.2) is 0 Å². The van der Waals surface area contributed by atoms with Crippen molar-refractivity contribution >= 4 is 17.5 Å². The molecule has 1 aliphatic heterocycles. The summed E-state index contributed by atoms with van der Waals surface area (Å²) < 4.78 is 0. The Morgan fingerprint density at radius 1 is 0.893 bits per heavy atom. The van der Waals surface area contributed by atoms with Crippen molar-refractivity contribution in [1.29, 1.82) is 0 Å². The molecule has 146 valence electrons. The van der Waals surface area contributed by atoms with Gasteiger partial charge in [-0.2, -0.15) is 0 Å². The van der Waals surface area contributed by atoms with Crippen LogP contribution in [0.25, 0.3) is 0 Å². The van der Waals surface area contributed by atoms with E-state index in [0.29, 0.717) is 6.54 Å². The first-order valence-corrected chi connectivity index (χ1v) is 10.4. The summed E-state index contributed by atoms with van der Waals surface area (Å²) in [5, 5.41) is 3.08. The lowest BCUT2D eigenvalue weighted by Crippen LogP contribution is -2.39. The zero-order valence-corrected chi connectivity index (χ0v) is 16.3. The quantitative estimate of drug-likeness (QED) is 0.864. The Labute approximate surface area is 166 Å². The molecule has 0 aromatic heterocycles. The number of fused-ring (bicyclic) bond motifs is 1. The average molecular weight is 377 g/mol. The maximum absolute atomic E-state index is 13.0. The van der Waals surface area contributed by atoms with Crippen molar-refractivity contribution in [2.75, 3.05) is 18.0 Å². The van der Waals surface area contributed by atoms with Crippen LogP contribution in [-0.2, 0) is 22.4 Å². The molecule has 0 atom stereocenters. The van der Waals surface area contributed by atoms with Gasteiger partial charge in [0.25, 0.3) is 0 Å². The fourth-order valence-corrected chi connectivity index (χ4v) is 4.51. The molecule has 2 aromatic rings. The average Bonchev–Trinajstić information content (AvgIpc) is 3.18. The lowest BCUT2D eigenvalue weighted by atomic mass is 9.81. The standard InChI is InChI=1S/C24H28N2O2/c27-23(25-16-14-18-6-2-1-3-7-18)20-10-12-21(13-11-20)24(28)26-17-15-19-8-4-5-9-22(19)26/h1-9,20-21H,10-17H2,(H,25,27). The highest BCUT2D eigenvalue weighted by atomic mass is 16.2. The number of rotatable bonds is 5. The number of para-hydroxylation sites is 1. The molecule has 2 aliphatic rings. The van der Waals surface area contributed by atoms with E-state index >= 15 is 0 Å². The van der Waals surface area contributed by atoms with Crippen LogP contribution in [0.3, 0.4) is 0 Å². The summed E-state index contributed by atoms with van der Waals surface area (Å²) in [6.45, 7) is 1.46. The highest BCUT2D eigenvalue weighted by Crippen LogP contribution is 2.34. The summed E-state index contributed by atoms with van der Waals surface area (Å²) in [4.78, 5) is 27.4. The van der Waals surface area contributed by atoms with Gasteiger partial charge in [-0.05, 0) is 55.7 Å². The summed E-state index contributed by atoms with van der Waals surface area (Å²) in [5.74, 6) is 0.492. The van der Waals surface area contributed by atoms with Crippen molar-refractivity contribution in [3.63, 3.8) is 0 Å². The van der Waals surface area contributed by atoms with Crippen LogP contribution in [0.2, 0.25) is 0 Å². The third-order valence-electron chi connectivity index (χ3n) is 6.16. The maximum atomic E-state index is 13.0. The third-order valence-corrected chi connectivity index (χ3v) is 6.16. The van der Waals surface area contributed by atoms with Gasteiger partial charge in [0, 0.05) is 30.6 Å². The molecule has 4 nitrogen and oxygen atoms in total. The topological polar surface area (TPSA) is 49.4 Å². The molecule has 0 radical (unpaired) electrons. The van der Waals surface area contributed by atoms with Gasteiger partial charge in [-0.15, -0.1) is 0 Å². The normalized spacial score (nSPS) is 21.2. The number of benzene rings is 2. The summed E-state index contributed by atoms with van der Waals surface area (Å²) in [7, 11) is 0. The van der Waals surface area contributed by atoms with Crippen LogP contribution >= 0.6 is 0 Å². The van der Waals surface area contributed by atoms with E-state index < -0.39 is 0 Å². The number of hydrogen-bond acceptors (Lipinski definition) is 2. The lowest BCUT2D eigenvalue weighted by Gasteiger charge is -2.30. The number of amides is 2. The van der Waals surface area contributed by atoms with Gasteiger partial charge in [0.15, 0.2) is 0 Å². The third kappa shape index (κ3) is 4.11. The number of nitrogens with one attached hydrogen (secondary N) is 1. The van der Waals surface area contributed by atoms with Crippen LogP contribution in [0.15, 0.2) is 54.6 Å². The summed E-state index contributed by atoms with van der Waals surface area (Å²) in [6, 6.07) is 18.4. The lowest BCUT2D eigenvalue weighted by molar-refractivity contribution is -0.129. The van der Waals surface area contributed by atoms with Crippen molar-refractivity contribution in [2.24, 2.45) is 11.8 Å². The van der Waals surface area contributed by atoms with Gasteiger partial charge in [-0.1, -0.05) is 48.5 Å². The van der Waals surface area contributed by atoms with Crippen LogP contribution in [0.4, 0.5) is 5.69 Å². The fourth-order valence-electron chi connectivity index (χ4n) is 4.51. The van der Waals surface area contributed by atoms with Crippen LogP contribution in [0.5, 0.6) is 0 Å². The van der Waals surface area contributed by atoms with Crippen LogP contribution in [0, 0.1) is 11.8 Å². The van der Waals surface area contributed by atoms with Crippen molar-refractivity contribution in [2.45, 2.75) is 38.5 Å². The molecule has 0 bridgehead atoms. The van der Waals surface area contributed by atoms with E-state index in [2.05, 4.69) is 23.5 Å². The summed E-state index contributed by atoms with van der Waals surface area (Å²) >= 11 is 0. The smallest absolute Gasteiger partial charge is 0.230 e. The van der Waals surface area contributed by atoms with E-state index in [-0.39, 0.29) is 23.7 Å². The van der Waals surface area contributed by atoms with Crippen LogP contribution in [0.1, 0.15) is 36.8 Å². The summed E-state index contributed by atoms with van der Waals surface area (Å²) in [6.07, 6.45) is 5.05. The Bertz CT molecular complexity index is 826. The Morgan fingerprint density at radius 2 is 1.57 bits per heavy atom. The predicted octanol–water partition coefficient (Wildman–Crippen LogP) is 3.74. The van der Waals surface area contributed by atoms with E-state index in [1.54, 1.807) is 0 Å². The first kappa shape index (κ1) is 18.7. The number of carbonyl (C=O) groups excluding carboxylic acids is 2. The highest BCUT2D eigenvalue weighted by molar-refractivity contribution is 5.97. The molecule has 0 spiro atoms. The molecular weight excluding hydrogens is 348 g/mol. The molecule has 28 heavy (non-hydrogen) atoms. The van der Waals surface area contributed by atoms with Gasteiger partial charge in [0.2, 0.25) is 11.8 Å². The largest absolute Gasteiger partial charge is 0.356 e. The SMILES string of the molecule is O=C(NCCc1ccccc1)C1CCC(C(=O)N2CCc3ccccc32)CC1. The zero-order chi connectivity index (χ0) is 19.3. The molecule has 1 fully saturated rings. The Hall–Kier alpha value is -2.62. The minimum atomic E-state index is 0.0469. The molecule has 0 unspecified atom stereocenters. The maximum Gasteiger partial charge on any atom is 0.230 e. The van der Waals surface area contributed by atoms with Gasteiger partial charge in [0.1, 0.15) is 0 Å². The zero-order valence-electron chi connectivity index (χ0n) is 16.3. The molecule has 4 heteroatoms. The van der Waals surface area contributed by atoms with Crippen LogP contribution < -0.4 is 10.2 Å².